The monoisotopic (exact) mass is 1730 g/mol. The second kappa shape index (κ2) is 27.1. The summed E-state index contributed by atoms with van der Waals surface area (Å²) in [4.78, 5) is 60.6. The Morgan fingerprint density at radius 1 is 0.184 bits per heavy atom. The zero-order valence-electron chi connectivity index (χ0n) is 72.9. The molecule has 0 radical (unpaired) electrons. The summed E-state index contributed by atoms with van der Waals surface area (Å²) in [6.45, 7) is 0. The van der Waals surface area contributed by atoms with Crippen LogP contribution in [0.2, 0.25) is 0 Å². The molecule has 0 saturated carbocycles. The minimum atomic E-state index is -0.684. The van der Waals surface area contributed by atoms with Crippen LogP contribution in [0.3, 0.4) is 0 Å². The molecule has 26 aromatic rings. The Kier molecular flexibility index (Phi) is 14.9. The van der Waals surface area contributed by atoms with Gasteiger partial charge in [0.1, 0.15) is 11.3 Å². The standard InChI is InChI=1S/C50H30N2O.C39H21NO2.C38H21NO2/c53-49-38-16-5-4-15-34(38)35-18-12-19-36-37-29-30-43-46(48(37)52(49)47(35)36)39-17-6-7-20-40(39)50(43)41-21-8-10-23-44(41)51(45-24-11-9-22-42(45)50)33-27-25-32(26-28-33)31-13-2-1-3-14-31;41-37-29-14-5-8-19-32(29)39(30-17-6-3-11-23(30)24-12-4-7-18-31(24)39)33-21-20-27-26-16-9-15-25-22-10-1-2-13-28(22)38(42)40(35(25)26)36(27)34(33)37;40-37-28-13-2-1-10-22(28)25-14-9-15-26-27-20-21-32-36(35(27)39(37)34(25)26)41-33-19-8-7-18-31(33)38(32)29-16-5-3-11-23(29)24-12-4-6-17-30(24)38/h1-30H;1-21H;1-21H. The zero-order chi connectivity index (χ0) is 89.5. The molecule has 0 atom stereocenters. The number of benzene rings is 20. The first-order valence-electron chi connectivity index (χ1n) is 46.5. The van der Waals surface area contributed by atoms with Crippen molar-refractivity contribution in [3.63, 3.8) is 0 Å². The number of fused-ring (bicyclic) bond motifs is 45. The van der Waals surface area contributed by atoms with E-state index in [0.717, 1.165) is 154 Å². The summed E-state index contributed by atoms with van der Waals surface area (Å²) < 4.78 is 12.7. The van der Waals surface area contributed by atoms with Gasteiger partial charge in [-0.1, -0.05) is 388 Å². The molecule has 0 fully saturated rings. The number of carbonyl (C=O) groups is 1. The van der Waals surface area contributed by atoms with Crippen LogP contribution in [0, 0.1) is 0 Å². The Labute approximate surface area is 777 Å². The Morgan fingerprint density at radius 2 is 0.478 bits per heavy atom. The zero-order valence-corrected chi connectivity index (χ0v) is 72.9. The molecule has 4 aliphatic carbocycles. The number of rotatable bonds is 2. The van der Waals surface area contributed by atoms with E-state index in [0.29, 0.717) is 27.4 Å². The highest BCUT2D eigenvalue weighted by Gasteiger charge is 2.56. The minimum Gasteiger partial charge on any atom is -0.454 e. The van der Waals surface area contributed by atoms with E-state index in [9.17, 15) is 19.2 Å². The summed E-state index contributed by atoms with van der Waals surface area (Å²) in [5.41, 5.74) is 31.5. The lowest BCUT2D eigenvalue weighted by molar-refractivity contribution is 0.103. The molecule has 136 heavy (non-hydrogen) atoms. The number of hydrogen-bond donors (Lipinski definition) is 0. The van der Waals surface area contributed by atoms with Crippen LogP contribution in [0.25, 0.3) is 158 Å². The molecular formula is C127H72N4O5. The van der Waals surface area contributed by atoms with Crippen molar-refractivity contribution < 1.29 is 9.53 Å². The third kappa shape index (κ3) is 9.19. The van der Waals surface area contributed by atoms with Crippen LogP contribution in [0.15, 0.2) is 451 Å². The summed E-state index contributed by atoms with van der Waals surface area (Å²) in [5.74, 6) is 1.54. The van der Waals surface area contributed by atoms with Crippen LogP contribution < -0.4 is 26.3 Å². The number of ketones is 1. The Balaban J connectivity index is 0.0000000979. The molecule has 2 aliphatic heterocycles. The highest BCUT2D eigenvalue weighted by Crippen LogP contribution is 2.68. The predicted octanol–water partition coefficient (Wildman–Crippen LogP) is 28.8. The van der Waals surface area contributed by atoms with Crippen molar-refractivity contribution >= 4 is 137 Å². The molecule has 0 amide bonds. The molecule has 6 aliphatic rings. The quantitative estimate of drug-likeness (QED) is 0.160. The van der Waals surface area contributed by atoms with E-state index in [1.54, 1.807) is 0 Å². The molecule has 3 spiro atoms. The van der Waals surface area contributed by atoms with E-state index in [1.165, 1.54) is 83.5 Å². The molecule has 8 heterocycles. The average molecular weight is 1730 g/mol. The van der Waals surface area contributed by atoms with Crippen molar-refractivity contribution in [3.8, 4) is 56.0 Å². The highest BCUT2D eigenvalue weighted by molar-refractivity contribution is 6.29. The molecule has 0 N–H and O–H groups in total. The molecule has 9 heteroatoms. The van der Waals surface area contributed by atoms with Gasteiger partial charge < -0.3 is 9.64 Å². The van der Waals surface area contributed by atoms with E-state index in [1.807, 2.05) is 104 Å². The molecule has 0 saturated heterocycles. The predicted molar refractivity (Wildman–Crippen MR) is 551 cm³/mol. The van der Waals surface area contributed by atoms with Crippen molar-refractivity contribution in [3.05, 3.63) is 546 Å². The summed E-state index contributed by atoms with van der Waals surface area (Å²) in [7, 11) is 0. The van der Waals surface area contributed by atoms with Crippen molar-refractivity contribution in [2.75, 3.05) is 4.90 Å². The molecule has 6 aromatic heterocycles. The third-order valence-corrected chi connectivity index (χ3v) is 31.1. The lowest BCUT2D eigenvalue weighted by Crippen LogP contribution is -2.36. The summed E-state index contributed by atoms with van der Waals surface area (Å²) in [6.07, 6.45) is 0. The van der Waals surface area contributed by atoms with Gasteiger partial charge in [0.25, 0.3) is 16.7 Å². The number of aromatic nitrogens is 3. The number of nitrogens with zero attached hydrogens (tertiary/aromatic N) is 4. The average Bonchev–Trinajstić information content (AvgIpc) is 1.49. The van der Waals surface area contributed by atoms with Gasteiger partial charge in [-0.2, -0.15) is 0 Å². The first-order valence-corrected chi connectivity index (χ1v) is 46.5. The fourth-order valence-electron chi connectivity index (χ4n) is 26.0. The number of carbonyl (C=O) groups excluding carboxylic acids is 1. The van der Waals surface area contributed by atoms with Crippen molar-refractivity contribution in [1.29, 1.82) is 0 Å². The van der Waals surface area contributed by atoms with E-state index in [-0.39, 0.29) is 22.5 Å². The van der Waals surface area contributed by atoms with Crippen LogP contribution in [0.5, 0.6) is 11.5 Å². The summed E-state index contributed by atoms with van der Waals surface area (Å²) in [5, 5.41) is 14.4. The normalized spacial score (nSPS) is 14.2. The van der Waals surface area contributed by atoms with Gasteiger partial charge in [-0.05, 0) is 159 Å². The number of anilines is 3. The lowest BCUT2D eigenvalue weighted by Gasteiger charge is -2.45. The Hall–Kier alpha value is -17.9. The van der Waals surface area contributed by atoms with E-state index in [4.69, 9.17) is 4.74 Å². The van der Waals surface area contributed by atoms with Gasteiger partial charge in [0.15, 0.2) is 11.5 Å². The van der Waals surface area contributed by atoms with E-state index < -0.39 is 16.2 Å². The van der Waals surface area contributed by atoms with Gasteiger partial charge in [-0.15, -0.1) is 0 Å². The smallest absolute Gasteiger partial charge is 0.263 e. The van der Waals surface area contributed by atoms with Gasteiger partial charge in [0, 0.05) is 92.6 Å². The van der Waals surface area contributed by atoms with Crippen LogP contribution in [-0.4, -0.2) is 19.0 Å². The van der Waals surface area contributed by atoms with Crippen molar-refractivity contribution in [2.24, 2.45) is 0 Å². The second-order valence-electron chi connectivity index (χ2n) is 37.0. The first-order chi connectivity index (χ1) is 67.2. The lowest BCUT2D eigenvalue weighted by atomic mass is 9.61. The maximum atomic E-state index is 14.8. The molecule has 630 valence electrons. The summed E-state index contributed by atoms with van der Waals surface area (Å²) >= 11 is 0. The van der Waals surface area contributed by atoms with Crippen LogP contribution >= 0.6 is 0 Å². The van der Waals surface area contributed by atoms with Gasteiger partial charge >= 0.3 is 0 Å². The second-order valence-corrected chi connectivity index (χ2v) is 37.0. The van der Waals surface area contributed by atoms with Crippen LogP contribution in [0.4, 0.5) is 17.1 Å². The fourth-order valence-corrected chi connectivity index (χ4v) is 26.0. The van der Waals surface area contributed by atoms with Gasteiger partial charge in [-0.3, -0.25) is 32.4 Å². The van der Waals surface area contributed by atoms with Gasteiger partial charge in [-0.25, -0.2) is 0 Å². The topological polar surface area (TPSA) is 94.0 Å². The van der Waals surface area contributed by atoms with E-state index in [2.05, 4.69) is 351 Å². The largest absolute Gasteiger partial charge is 0.454 e. The Morgan fingerprint density at radius 3 is 0.941 bits per heavy atom. The number of para-hydroxylation sites is 6. The number of hydrogen-bond acceptors (Lipinski definition) is 6. The molecule has 0 bridgehead atoms. The molecular weight excluding hydrogens is 1660 g/mol. The van der Waals surface area contributed by atoms with Crippen LogP contribution in [-0.2, 0) is 16.2 Å². The van der Waals surface area contributed by atoms with Gasteiger partial charge in [0.05, 0.1) is 60.8 Å². The van der Waals surface area contributed by atoms with Crippen molar-refractivity contribution in [2.45, 2.75) is 16.2 Å². The number of ether oxygens (including phenoxy) is 1. The van der Waals surface area contributed by atoms with Crippen LogP contribution in [0.1, 0.15) is 82.7 Å². The fraction of sp³-hybridized carbons (Fsp3) is 0.0236. The molecule has 20 aromatic carbocycles. The number of pyridine rings is 3. The maximum Gasteiger partial charge on any atom is 0.263 e. The van der Waals surface area contributed by atoms with E-state index >= 15 is 0 Å². The molecule has 0 unspecified atom stereocenters. The highest BCUT2D eigenvalue weighted by atomic mass is 16.5. The summed E-state index contributed by atoms with van der Waals surface area (Å²) in [6, 6.07) is 153. The SMILES string of the molecule is O=C1c2ccccc2C2(c3ccccc3-c3ccccc32)c2ccc3c4cccc5c6ccccc6c(=O)n(c3c21)c54.O=c1c2ccccc2c2cccc3c4ccc5c(c4n1c23)-c1ccccc1C51c2ccccc2N(c2ccc(-c3ccccc3)cc2)c2ccccc21.O=c1c2ccccc2c2cccc3c4ccc5c(c4n1c23)Oc1ccccc1C51c2ccccc2-c2ccccc21. The molecule has 32 rings (SSSR count). The minimum absolute atomic E-state index is 0.0172. The first kappa shape index (κ1) is 74.8. The Bertz CT molecular complexity index is 9920. The van der Waals surface area contributed by atoms with Gasteiger partial charge in [0.2, 0.25) is 0 Å². The van der Waals surface area contributed by atoms with Crippen molar-refractivity contribution in [1.82, 2.24) is 13.2 Å². The maximum absolute atomic E-state index is 14.8. The molecule has 9 nitrogen and oxygen atoms in total. The third-order valence-electron chi connectivity index (χ3n) is 31.1.